The van der Waals surface area contributed by atoms with Crippen molar-refractivity contribution in [2.24, 2.45) is 5.73 Å². The minimum atomic E-state index is -5.08. The fourth-order valence-electron chi connectivity index (χ4n) is 7.99. The molecule has 3 aromatic heterocycles. The predicted octanol–water partition coefficient (Wildman–Crippen LogP) is 3.64. The molecule has 16 nitrogen and oxygen atoms in total. The molecule has 19 heteroatoms. The zero-order valence-corrected chi connectivity index (χ0v) is 32.6. The van der Waals surface area contributed by atoms with Crippen LogP contribution in [0, 0.1) is 0 Å². The van der Waals surface area contributed by atoms with Crippen molar-refractivity contribution in [3.05, 3.63) is 103 Å². The van der Waals surface area contributed by atoms with E-state index in [0.717, 1.165) is 38.2 Å². The summed E-state index contributed by atoms with van der Waals surface area (Å²) < 4.78 is 33.6. The van der Waals surface area contributed by atoms with Crippen LogP contribution in [0.3, 0.4) is 0 Å². The Labute approximate surface area is 343 Å². The number of pyridine rings is 1. The van der Waals surface area contributed by atoms with Crippen LogP contribution in [0.1, 0.15) is 48.8 Å². The van der Waals surface area contributed by atoms with Crippen LogP contribution in [0.15, 0.2) is 91.4 Å². The molecule has 318 valence electrons. The summed E-state index contributed by atoms with van der Waals surface area (Å²) in [7, 11) is 0. The molecular formula is C41H48F3N11O5. The fraction of sp³-hybridized carbons (Fsp3) is 0.415. The highest BCUT2D eigenvalue weighted by Crippen LogP contribution is 2.35. The Bertz CT molecular complexity index is 2160. The minimum absolute atomic E-state index is 0.0406. The standard InChI is InChI=1S/C39H47N11O3.C2HF3O2/c40-30-21-31(35(52)34(30)51)50-24-43-33-36(42-22-29(25-9-3-1-4-10-25)26-11-5-2-6-12-26)46-38(47-37(33)50)49-20-16-28(23-49)45-39(53)44-27-14-18-48(19-15-27)32-13-7-8-17-41-32;3-2(4,5)1(6)7/h1-13,17,24,27-31,34-35,51-52H,14-16,18-23,40H2,(H,42,46,47)(H2,44,45,53);(H,6,7)/t28-,30+,31-,34-,35+;/m1./s1. The summed E-state index contributed by atoms with van der Waals surface area (Å²) >= 11 is 0. The van der Waals surface area contributed by atoms with Gasteiger partial charge in [0.05, 0.1) is 18.5 Å². The number of benzene rings is 2. The summed E-state index contributed by atoms with van der Waals surface area (Å²) in [5.41, 5.74) is 9.62. The number of carboxylic acids is 1. The number of anilines is 3. The lowest BCUT2D eigenvalue weighted by atomic mass is 9.91. The number of halogens is 3. The van der Waals surface area contributed by atoms with Gasteiger partial charge in [0.15, 0.2) is 17.0 Å². The number of aliphatic hydroxyl groups excluding tert-OH is 2. The van der Waals surface area contributed by atoms with Crippen LogP contribution in [0.5, 0.6) is 0 Å². The molecule has 2 aliphatic heterocycles. The zero-order chi connectivity index (χ0) is 42.4. The second kappa shape index (κ2) is 18.5. The number of carboxylic acid groups (broad SMARTS) is 1. The lowest BCUT2D eigenvalue weighted by Crippen LogP contribution is -2.50. The fourth-order valence-corrected chi connectivity index (χ4v) is 7.99. The second-order valence-electron chi connectivity index (χ2n) is 15.2. The highest BCUT2D eigenvalue weighted by Gasteiger charge is 2.42. The first-order valence-corrected chi connectivity index (χ1v) is 19.8. The smallest absolute Gasteiger partial charge is 0.475 e. The number of aliphatic carboxylic acids is 1. The summed E-state index contributed by atoms with van der Waals surface area (Å²) in [6.45, 7) is 3.42. The predicted molar refractivity (Wildman–Crippen MR) is 218 cm³/mol. The summed E-state index contributed by atoms with van der Waals surface area (Å²) in [6.07, 6.45) is -0.900. The Morgan fingerprint density at radius 3 is 2.00 bits per heavy atom. The van der Waals surface area contributed by atoms with Gasteiger partial charge in [-0.1, -0.05) is 66.7 Å². The first-order chi connectivity index (χ1) is 28.9. The molecule has 2 amide bonds. The van der Waals surface area contributed by atoms with Crippen LogP contribution in [0.4, 0.5) is 35.5 Å². The van der Waals surface area contributed by atoms with E-state index < -0.39 is 36.4 Å². The number of nitrogens with two attached hydrogens (primary N) is 1. The Kier molecular flexibility index (Phi) is 13.0. The van der Waals surface area contributed by atoms with E-state index in [1.54, 1.807) is 12.5 Å². The summed E-state index contributed by atoms with van der Waals surface area (Å²) in [5, 5.41) is 38.5. The van der Waals surface area contributed by atoms with E-state index in [9.17, 15) is 28.2 Å². The monoisotopic (exact) mass is 831 g/mol. The van der Waals surface area contributed by atoms with Crippen molar-refractivity contribution in [1.82, 2.24) is 35.1 Å². The number of imidazole rings is 1. The SMILES string of the molecule is N[C@H]1C[C@@H](n2cnc3c(NCC(c4ccccc4)c4ccccc4)nc(N4CC[C@@H](NC(=O)NC5CCN(c6ccccn6)CC5)C4)nc32)[C@H](O)[C@@H]1O.O=C(O)C(F)(F)F. The molecule has 3 aliphatic rings. The van der Waals surface area contributed by atoms with Crippen LogP contribution in [0.2, 0.25) is 0 Å². The molecule has 3 fully saturated rings. The van der Waals surface area contributed by atoms with Gasteiger partial charge < -0.3 is 51.4 Å². The molecule has 2 saturated heterocycles. The van der Waals surface area contributed by atoms with Gasteiger partial charge in [0.1, 0.15) is 11.9 Å². The maximum atomic E-state index is 13.1. The quantitative estimate of drug-likeness (QED) is 0.107. The Morgan fingerprint density at radius 1 is 0.817 bits per heavy atom. The summed E-state index contributed by atoms with van der Waals surface area (Å²) in [4.78, 5) is 45.6. The Hall–Kier alpha value is -6.05. The van der Waals surface area contributed by atoms with Crippen molar-refractivity contribution in [2.45, 2.75) is 74.2 Å². The number of rotatable bonds is 10. The highest BCUT2D eigenvalue weighted by molar-refractivity contribution is 5.85. The van der Waals surface area contributed by atoms with Gasteiger partial charge in [-0.3, -0.25) is 0 Å². The van der Waals surface area contributed by atoms with Crippen molar-refractivity contribution in [1.29, 1.82) is 0 Å². The normalized spacial score (nSPS) is 22.1. The molecule has 5 atom stereocenters. The number of fused-ring (bicyclic) bond motifs is 1. The number of carbonyl (C=O) groups excluding carboxylic acids is 1. The second-order valence-corrected chi connectivity index (χ2v) is 15.2. The van der Waals surface area contributed by atoms with Crippen molar-refractivity contribution in [2.75, 3.05) is 47.8 Å². The molecule has 5 aromatic rings. The van der Waals surface area contributed by atoms with Crippen molar-refractivity contribution < 1.29 is 38.1 Å². The number of carbonyl (C=O) groups is 2. The number of aromatic nitrogens is 5. The van der Waals surface area contributed by atoms with Gasteiger partial charge in [-0.2, -0.15) is 23.1 Å². The number of amides is 2. The van der Waals surface area contributed by atoms with E-state index in [2.05, 4.69) is 55.0 Å². The van der Waals surface area contributed by atoms with E-state index in [4.69, 9.17) is 30.6 Å². The van der Waals surface area contributed by atoms with Gasteiger partial charge >= 0.3 is 18.2 Å². The third-order valence-corrected chi connectivity index (χ3v) is 11.2. The average Bonchev–Trinajstić information content (AvgIpc) is 3.96. The number of urea groups is 1. The van der Waals surface area contributed by atoms with E-state index in [-0.39, 0.29) is 24.0 Å². The molecule has 0 unspecified atom stereocenters. The van der Waals surface area contributed by atoms with Crippen molar-refractivity contribution >= 4 is 40.7 Å². The maximum absolute atomic E-state index is 13.1. The molecule has 8 rings (SSSR count). The number of nitrogens with zero attached hydrogens (tertiary/aromatic N) is 7. The first-order valence-electron chi connectivity index (χ1n) is 19.8. The molecule has 1 aliphatic carbocycles. The van der Waals surface area contributed by atoms with Gasteiger partial charge in [-0.25, -0.2) is 19.6 Å². The van der Waals surface area contributed by atoms with Gasteiger partial charge in [-0.15, -0.1) is 0 Å². The maximum Gasteiger partial charge on any atom is 0.490 e. The highest BCUT2D eigenvalue weighted by atomic mass is 19.4. The van der Waals surface area contributed by atoms with Crippen LogP contribution >= 0.6 is 0 Å². The van der Waals surface area contributed by atoms with Crippen LogP contribution in [-0.2, 0) is 4.79 Å². The number of hydrogen-bond acceptors (Lipinski definition) is 12. The largest absolute Gasteiger partial charge is 0.490 e. The van der Waals surface area contributed by atoms with E-state index in [1.165, 1.54) is 11.1 Å². The summed E-state index contributed by atoms with van der Waals surface area (Å²) in [6, 6.07) is 25.5. The number of piperidine rings is 1. The molecule has 2 aromatic carbocycles. The molecule has 60 heavy (non-hydrogen) atoms. The Balaban J connectivity index is 0.000000716. The third kappa shape index (κ3) is 9.86. The van der Waals surface area contributed by atoms with E-state index in [0.29, 0.717) is 49.0 Å². The minimum Gasteiger partial charge on any atom is -0.475 e. The molecular weight excluding hydrogens is 784 g/mol. The molecule has 0 radical (unpaired) electrons. The number of alkyl halides is 3. The first kappa shape index (κ1) is 42.1. The molecule has 5 heterocycles. The van der Waals surface area contributed by atoms with Crippen LogP contribution in [-0.4, -0.2) is 121 Å². The van der Waals surface area contributed by atoms with Gasteiger partial charge in [0.25, 0.3) is 0 Å². The number of aliphatic hydroxyl groups is 2. The van der Waals surface area contributed by atoms with E-state index >= 15 is 0 Å². The number of hydrogen-bond donors (Lipinski definition) is 7. The van der Waals surface area contributed by atoms with Crippen molar-refractivity contribution in [3.63, 3.8) is 0 Å². The molecule has 8 N–H and O–H groups in total. The lowest BCUT2D eigenvalue weighted by molar-refractivity contribution is -0.192. The third-order valence-electron chi connectivity index (χ3n) is 11.2. The van der Waals surface area contributed by atoms with Gasteiger partial charge in [-0.05, 0) is 48.9 Å². The molecule has 0 bridgehead atoms. The van der Waals surface area contributed by atoms with Crippen molar-refractivity contribution in [3.8, 4) is 0 Å². The van der Waals surface area contributed by atoms with Gasteiger partial charge in [0.2, 0.25) is 5.95 Å². The molecule has 1 saturated carbocycles. The number of nitrogens with one attached hydrogen (secondary N) is 3. The van der Waals surface area contributed by atoms with Crippen LogP contribution in [0.25, 0.3) is 11.2 Å². The van der Waals surface area contributed by atoms with Gasteiger partial charge in [0, 0.05) is 63.0 Å². The topological polar surface area (TPSA) is 220 Å². The Morgan fingerprint density at radius 2 is 1.42 bits per heavy atom. The zero-order valence-electron chi connectivity index (χ0n) is 32.6. The molecule has 0 spiro atoms. The van der Waals surface area contributed by atoms with Crippen LogP contribution < -0.4 is 31.5 Å². The summed E-state index contributed by atoms with van der Waals surface area (Å²) in [5.74, 6) is -0.673. The average molecular weight is 832 g/mol. The van der Waals surface area contributed by atoms with E-state index in [1.807, 2.05) is 59.2 Å². The lowest BCUT2D eigenvalue weighted by Gasteiger charge is -2.33.